The van der Waals surface area contributed by atoms with E-state index >= 15 is 0 Å². The summed E-state index contributed by atoms with van der Waals surface area (Å²) in [5, 5.41) is 3.04. The van der Waals surface area contributed by atoms with Crippen LogP contribution in [0.5, 0.6) is 0 Å². The largest absolute Gasteiger partial charge is 0.373 e. The van der Waals surface area contributed by atoms with E-state index in [-0.39, 0.29) is 24.0 Å². The molecule has 0 aromatic heterocycles. The summed E-state index contributed by atoms with van der Waals surface area (Å²) in [6.45, 7) is 4.00. The van der Waals surface area contributed by atoms with Crippen molar-refractivity contribution in [1.82, 2.24) is 15.1 Å². The van der Waals surface area contributed by atoms with Crippen LogP contribution in [0.2, 0.25) is 0 Å². The molecular formula is C21H29N3O3. The third-order valence-corrected chi connectivity index (χ3v) is 6.04. The number of hydrogen-bond donors (Lipinski definition) is 1. The van der Waals surface area contributed by atoms with Gasteiger partial charge in [0, 0.05) is 25.7 Å². The first-order valence-corrected chi connectivity index (χ1v) is 10.2. The minimum absolute atomic E-state index is 0.0349. The molecule has 3 aliphatic rings. The van der Waals surface area contributed by atoms with Gasteiger partial charge in [-0.1, -0.05) is 30.3 Å². The Kier molecular flexibility index (Phi) is 5.74. The Morgan fingerprint density at radius 1 is 1.11 bits per heavy atom. The molecule has 0 bridgehead atoms. The molecule has 146 valence electrons. The Morgan fingerprint density at radius 2 is 1.93 bits per heavy atom. The zero-order valence-electron chi connectivity index (χ0n) is 15.8. The van der Waals surface area contributed by atoms with Gasteiger partial charge in [-0.25, -0.2) is 0 Å². The van der Waals surface area contributed by atoms with Crippen LogP contribution in [-0.4, -0.2) is 72.6 Å². The van der Waals surface area contributed by atoms with Gasteiger partial charge in [-0.15, -0.1) is 0 Å². The fourth-order valence-corrected chi connectivity index (χ4v) is 4.55. The van der Waals surface area contributed by atoms with Crippen LogP contribution in [0.4, 0.5) is 0 Å². The third-order valence-electron chi connectivity index (χ3n) is 6.04. The molecule has 1 N–H and O–H groups in total. The molecule has 0 aliphatic carbocycles. The molecule has 3 saturated heterocycles. The Morgan fingerprint density at radius 3 is 2.78 bits per heavy atom. The quantitative estimate of drug-likeness (QED) is 0.845. The van der Waals surface area contributed by atoms with Gasteiger partial charge in [0.2, 0.25) is 11.8 Å². The summed E-state index contributed by atoms with van der Waals surface area (Å²) in [5.74, 6) is -0.00580. The lowest BCUT2D eigenvalue weighted by atomic mass is 10.1. The van der Waals surface area contributed by atoms with Gasteiger partial charge in [0.25, 0.3) is 0 Å². The highest BCUT2D eigenvalue weighted by Crippen LogP contribution is 2.23. The predicted molar refractivity (Wildman–Crippen MR) is 102 cm³/mol. The zero-order chi connectivity index (χ0) is 18.6. The molecule has 1 aromatic rings. The van der Waals surface area contributed by atoms with E-state index < -0.39 is 0 Å². The van der Waals surface area contributed by atoms with Crippen molar-refractivity contribution in [2.45, 2.75) is 50.3 Å². The van der Waals surface area contributed by atoms with Crippen LogP contribution in [0, 0.1) is 0 Å². The second kappa shape index (κ2) is 8.40. The van der Waals surface area contributed by atoms with Crippen LogP contribution in [0.1, 0.15) is 31.2 Å². The number of nitrogens with zero attached hydrogens (tertiary/aromatic N) is 2. The van der Waals surface area contributed by atoms with Crippen molar-refractivity contribution in [1.29, 1.82) is 0 Å². The second-order valence-corrected chi connectivity index (χ2v) is 7.90. The summed E-state index contributed by atoms with van der Waals surface area (Å²) >= 11 is 0. The Bertz CT molecular complexity index is 666. The average molecular weight is 371 g/mol. The first-order valence-electron chi connectivity index (χ1n) is 10.2. The predicted octanol–water partition coefficient (Wildman–Crippen LogP) is 1.20. The van der Waals surface area contributed by atoms with E-state index in [9.17, 15) is 9.59 Å². The SMILES string of the molecule is O=C(NCC1CN2CCCC2CO1)C1CCCN1C(=O)Cc1ccccc1. The van der Waals surface area contributed by atoms with E-state index in [0.29, 0.717) is 25.6 Å². The minimum atomic E-state index is -0.343. The standard InChI is InChI=1S/C21H29N3O3/c25-20(12-16-6-2-1-3-7-16)24-11-5-9-19(24)21(26)22-13-18-14-23-10-4-8-17(23)15-27-18/h1-3,6-7,17-19H,4-5,8-15H2,(H,22,26). The van der Waals surface area contributed by atoms with E-state index in [1.54, 1.807) is 4.90 Å². The topological polar surface area (TPSA) is 61.9 Å². The summed E-state index contributed by atoms with van der Waals surface area (Å²) in [6, 6.07) is 9.95. The molecule has 3 atom stereocenters. The van der Waals surface area contributed by atoms with Gasteiger partial charge in [0.1, 0.15) is 6.04 Å². The summed E-state index contributed by atoms with van der Waals surface area (Å²) in [4.78, 5) is 29.6. The lowest BCUT2D eigenvalue weighted by Gasteiger charge is -2.35. The van der Waals surface area contributed by atoms with E-state index in [2.05, 4.69) is 10.2 Å². The molecule has 3 fully saturated rings. The highest BCUT2D eigenvalue weighted by molar-refractivity contribution is 5.89. The van der Waals surface area contributed by atoms with Crippen LogP contribution in [-0.2, 0) is 20.7 Å². The number of carbonyl (C=O) groups is 2. The van der Waals surface area contributed by atoms with Crippen LogP contribution in [0.15, 0.2) is 30.3 Å². The van der Waals surface area contributed by atoms with E-state index in [1.807, 2.05) is 30.3 Å². The molecule has 3 unspecified atom stereocenters. The van der Waals surface area contributed by atoms with Gasteiger partial charge in [-0.2, -0.15) is 0 Å². The number of hydrogen-bond acceptors (Lipinski definition) is 4. The maximum atomic E-state index is 12.7. The van der Waals surface area contributed by atoms with Crippen molar-refractivity contribution in [2.75, 3.05) is 32.8 Å². The van der Waals surface area contributed by atoms with Crippen molar-refractivity contribution < 1.29 is 14.3 Å². The monoisotopic (exact) mass is 371 g/mol. The molecule has 3 heterocycles. The van der Waals surface area contributed by atoms with Crippen LogP contribution < -0.4 is 5.32 Å². The van der Waals surface area contributed by atoms with Gasteiger partial charge in [-0.3, -0.25) is 14.5 Å². The third kappa shape index (κ3) is 4.33. The first kappa shape index (κ1) is 18.4. The Labute approximate surface area is 160 Å². The number of carbonyl (C=O) groups excluding carboxylic acids is 2. The summed E-state index contributed by atoms with van der Waals surface area (Å²) in [5.41, 5.74) is 0.990. The molecule has 27 heavy (non-hydrogen) atoms. The highest BCUT2D eigenvalue weighted by atomic mass is 16.5. The van der Waals surface area contributed by atoms with Crippen molar-refractivity contribution in [3.8, 4) is 0 Å². The van der Waals surface area contributed by atoms with Crippen molar-refractivity contribution >= 4 is 11.8 Å². The molecule has 1 aromatic carbocycles. The number of amides is 2. The number of nitrogens with one attached hydrogen (secondary N) is 1. The van der Waals surface area contributed by atoms with E-state index in [1.165, 1.54) is 12.8 Å². The Hall–Kier alpha value is -1.92. The van der Waals surface area contributed by atoms with Gasteiger partial charge in [0.15, 0.2) is 0 Å². The number of likely N-dealkylation sites (tertiary alicyclic amines) is 1. The molecular weight excluding hydrogens is 342 g/mol. The summed E-state index contributed by atoms with van der Waals surface area (Å²) in [7, 11) is 0. The van der Waals surface area contributed by atoms with Crippen LogP contribution >= 0.6 is 0 Å². The molecule has 4 rings (SSSR count). The van der Waals surface area contributed by atoms with Gasteiger partial charge >= 0.3 is 0 Å². The summed E-state index contributed by atoms with van der Waals surface area (Å²) < 4.78 is 5.92. The average Bonchev–Trinajstić information content (AvgIpc) is 3.35. The number of benzene rings is 1. The highest BCUT2D eigenvalue weighted by Gasteiger charge is 2.35. The zero-order valence-corrected chi connectivity index (χ0v) is 15.8. The number of ether oxygens (including phenoxy) is 1. The minimum Gasteiger partial charge on any atom is -0.373 e. The van der Waals surface area contributed by atoms with E-state index in [0.717, 1.165) is 38.1 Å². The maximum Gasteiger partial charge on any atom is 0.242 e. The van der Waals surface area contributed by atoms with Crippen molar-refractivity contribution in [3.05, 3.63) is 35.9 Å². The first-order chi connectivity index (χ1) is 13.2. The molecule has 6 nitrogen and oxygen atoms in total. The van der Waals surface area contributed by atoms with Gasteiger partial charge in [-0.05, 0) is 37.8 Å². The number of rotatable bonds is 5. The van der Waals surface area contributed by atoms with Gasteiger partial charge in [0.05, 0.1) is 19.1 Å². The maximum absolute atomic E-state index is 12.7. The van der Waals surface area contributed by atoms with Crippen molar-refractivity contribution in [3.63, 3.8) is 0 Å². The molecule has 0 radical (unpaired) electrons. The van der Waals surface area contributed by atoms with E-state index in [4.69, 9.17) is 4.74 Å². The fraction of sp³-hybridized carbons (Fsp3) is 0.619. The van der Waals surface area contributed by atoms with Crippen molar-refractivity contribution in [2.24, 2.45) is 0 Å². The fourth-order valence-electron chi connectivity index (χ4n) is 4.55. The molecule has 6 heteroatoms. The normalized spacial score (nSPS) is 28.1. The number of morpholine rings is 1. The molecule has 2 amide bonds. The molecule has 0 saturated carbocycles. The van der Waals surface area contributed by atoms with Gasteiger partial charge < -0.3 is 15.0 Å². The molecule has 3 aliphatic heterocycles. The Balaban J connectivity index is 1.28. The van der Waals surface area contributed by atoms with Crippen LogP contribution in [0.25, 0.3) is 0 Å². The number of fused-ring (bicyclic) bond motifs is 1. The molecule has 0 spiro atoms. The summed E-state index contributed by atoms with van der Waals surface area (Å²) in [6.07, 6.45) is 4.50. The smallest absolute Gasteiger partial charge is 0.242 e. The lowest BCUT2D eigenvalue weighted by molar-refractivity contribution is -0.138. The lowest BCUT2D eigenvalue weighted by Crippen LogP contribution is -2.52. The second-order valence-electron chi connectivity index (χ2n) is 7.90. The van der Waals surface area contributed by atoms with Crippen LogP contribution in [0.3, 0.4) is 0 Å².